The smallest absolute Gasteiger partial charge is 0.326 e. The van der Waals surface area contributed by atoms with Crippen molar-refractivity contribution in [2.75, 3.05) is 0 Å². The van der Waals surface area contributed by atoms with Crippen molar-refractivity contribution in [3.8, 4) is 5.75 Å². The summed E-state index contributed by atoms with van der Waals surface area (Å²) in [7, 11) is 0. The van der Waals surface area contributed by atoms with Crippen LogP contribution >= 0.6 is 0 Å². The van der Waals surface area contributed by atoms with Gasteiger partial charge >= 0.3 is 5.97 Å². The number of aromatic hydroxyl groups is 1. The van der Waals surface area contributed by atoms with Crippen LogP contribution in [0.25, 0.3) is 0 Å². The number of nitrogens with zero attached hydrogens (tertiary/aromatic N) is 2. The number of aliphatic carboxylic acids is 1. The Kier molecular flexibility index (Phi) is 3.94. The Morgan fingerprint density at radius 3 is 2.70 bits per heavy atom. The fourth-order valence-corrected chi connectivity index (χ4v) is 1.61. The van der Waals surface area contributed by atoms with Crippen LogP contribution < -0.4 is 5.32 Å². The minimum atomic E-state index is -1.17. The average molecular weight is 276 g/mol. The maximum absolute atomic E-state index is 11.9. The van der Waals surface area contributed by atoms with Crippen molar-refractivity contribution >= 4 is 11.9 Å². The van der Waals surface area contributed by atoms with Crippen molar-refractivity contribution in [1.82, 2.24) is 20.3 Å². The predicted octanol–water partition coefficient (Wildman–Crippen LogP) is -0.0640. The van der Waals surface area contributed by atoms with Gasteiger partial charge in [-0.25, -0.2) is 9.78 Å². The molecule has 0 saturated carbocycles. The lowest BCUT2D eigenvalue weighted by Crippen LogP contribution is -2.42. The molecule has 1 atom stereocenters. The van der Waals surface area contributed by atoms with Crippen molar-refractivity contribution in [3.63, 3.8) is 0 Å². The fourth-order valence-electron chi connectivity index (χ4n) is 1.61. The van der Waals surface area contributed by atoms with Gasteiger partial charge < -0.3 is 20.5 Å². The molecule has 0 spiro atoms. The summed E-state index contributed by atoms with van der Waals surface area (Å²) < 4.78 is 0. The Morgan fingerprint density at radius 2 is 2.10 bits per heavy atom. The van der Waals surface area contributed by atoms with Gasteiger partial charge in [0.15, 0.2) is 0 Å². The number of amides is 1. The molecule has 2 heterocycles. The van der Waals surface area contributed by atoms with E-state index in [1.165, 1.54) is 31.0 Å². The van der Waals surface area contributed by atoms with E-state index in [2.05, 4.69) is 20.3 Å². The third-order valence-corrected chi connectivity index (χ3v) is 2.57. The summed E-state index contributed by atoms with van der Waals surface area (Å²) in [5.41, 5.74) is 0.674. The highest BCUT2D eigenvalue weighted by Crippen LogP contribution is 2.09. The number of carbonyl (C=O) groups is 2. The fraction of sp³-hybridized carbons (Fsp3) is 0.167. The molecular formula is C12H12N4O4. The van der Waals surface area contributed by atoms with E-state index in [1.807, 2.05) is 0 Å². The van der Waals surface area contributed by atoms with Crippen molar-refractivity contribution in [2.45, 2.75) is 12.5 Å². The first-order valence-corrected chi connectivity index (χ1v) is 5.71. The van der Waals surface area contributed by atoms with Gasteiger partial charge in [-0.3, -0.25) is 9.78 Å². The number of rotatable bonds is 5. The van der Waals surface area contributed by atoms with Crippen LogP contribution in [0.15, 0.2) is 31.0 Å². The van der Waals surface area contributed by atoms with Gasteiger partial charge in [0.2, 0.25) is 0 Å². The number of pyridine rings is 1. The van der Waals surface area contributed by atoms with Gasteiger partial charge in [-0.15, -0.1) is 0 Å². The van der Waals surface area contributed by atoms with E-state index in [0.717, 1.165) is 0 Å². The molecule has 20 heavy (non-hydrogen) atoms. The second kappa shape index (κ2) is 5.83. The molecule has 0 unspecified atom stereocenters. The molecule has 104 valence electrons. The molecule has 0 aliphatic carbocycles. The molecule has 0 aromatic carbocycles. The standard InChI is InChI=1S/C12H12N4O4/c17-9-1-7(3-13-5-9)11(18)16-10(12(19)20)2-8-4-14-6-15-8/h1,3-6,10,17H,2H2,(H,14,15)(H,16,18)(H,19,20)/t10-/m1/s1. The molecule has 0 saturated heterocycles. The molecule has 2 rings (SSSR count). The Hall–Kier alpha value is -2.90. The molecule has 4 N–H and O–H groups in total. The van der Waals surface area contributed by atoms with E-state index in [9.17, 15) is 14.7 Å². The van der Waals surface area contributed by atoms with Crippen LogP contribution in [0.4, 0.5) is 0 Å². The highest BCUT2D eigenvalue weighted by Gasteiger charge is 2.22. The number of carboxylic acid groups (broad SMARTS) is 1. The number of hydrogen-bond acceptors (Lipinski definition) is 5. The Bertz CT molecular complexity index is 612. The monoisotopic (exact) mass is 276 g/mol. The number of aromatic nitrogens is 3. The third-order valence-electron chi connectivity index (χ3n) is 2.57. The number of H-pyrrole nitrogens is 1. The molecule has 8 nitrogen and oxygen atoms in total. The average Bonchev–Trinajstić information content (AvgIpc) is 2.90. The van der Waals surface area contributed by atoms with Crippen molar-refractivity contribution < 1.29 is 19.8 Å². The topological polar surface area (TPSA) is 128 Å². The van der Waals surface area contributed by atoms with E-state index < -0.39 is 17.9 Å². The van der Waals surface area contributed by atoms with E-state index in [4.69, 9.17) is 5.11 Å². The van der Waals surface area contributed by atoms with Crippen molar-refractivity contribution in [1.29, 1.82) is 0 Å². The second-order valence-electron chi connectivity index (χ2n) is 4.08. The van der Waals surface area contributed by atoms with Gasteiger partial charge in [-0.2, -0.15) is 0 Å². The largest absolute Gasteiger partial charge is 0.506 e. The lowest BCUT2D eigenvalue weighted by atomic mass is 10.1. The van der Waals surface area contributed by atoms with Gasteiger partial charge in [0, 0.05) is 24.5 Å². The van der Waals surface area contributed by atoms with Crippen LogP contribution in [-0.4, -0.2) is 43.1 Å². The summed E-state index contributed by atoms with van der Waals surface area (Å²) in [5, 5.41) is 20.7. The SMILES string of the molecule is O=C(N[C@H](Cc1cnc[nH]1)C(=O)O)c1cncc(O)c1. The van der Waals surface area contributed by atoms with Crippen LogP contribution in [0.2, 0.25) is 0 Å². The molecule has 0 aliphatic rings. The minimum absolute atomic E-state index is 0.0767. The molecule has 0 aliphatic heterocycles. The molecule has 0 radical (unpaired) electrons. The van der Waals surface area contributed by atoms with Gasteiger partial charge in [0.25, 0.3) is 5.91 Å². The number of aromatic amines is 1. The molecule has 1 amide bonds. The number of nitrogens with one attached hydrogen (secondary N) is 2. The van der Waals surface area contributed by atoms with Crippen LogP contribution in [-0.2, 0) is 11.2 Å². The zero-order chi connectivity index (χ0) is 14.5. The molecular weight excluding hydrogens is 264 g/mol. The van der Waals surface area contributed by atoms with Crippen LogP contribution in [0.3, 0.4) is 0 Å². The zero-order valence-corrected chi connectivity index (χ0v) is 10.3. The Balaban J connectivity index is 2.08. The molecule has 2 aromatic rings. The van der Waals surface area contributed by atoms with Gasteiger partial charge in [-0.1, -0.05) is 0 Å². The first-order chi connectivity index (χ1) is 9.56. The number of carboxylic acids is 1. The summed E-state index contributed by atoms with van der Waals surface area (Å²) in [6.45, 7) is 0. The first-order valence-electron chi connectivity index (χ1n) is 5.71. The van der Waals surface area contributed by atoms with E-state index in [1.54, 1.807) is 0 Å². The summed E-state index contributed by atoms with van der Waals surface area (Å²) in [6.07, 6.45) is 5.40. The summed E-state index contributed by atoms with van der Waals surface area (Å²) in [4.78, 5) is 33.2. The lowest BCUT2D eigenvalue weighted by molar-refractivity contribution is -0.139. The summed E-state index contributed by atoms with van der Waals surface area (Å²) >= 11 is 0. The van der Waals surface area contributed by atoms with Crippen molar-refractivity contribution in [2.24, 2.45) is 0 Å². The Morgan fingerprint density at radius 1 is 1.30 bits per heavy atom. The third kappa shape index (κ3) is 3.31. The van der Waals surface area contributed by atoms with Crippen LogP contribution in [0.5, 0.6) is 5.75 Å². The van der Waals surface area contributed by atoms with E-state index in [-0.39, 0.29) is 17.7 Å². The number of imidazole rings is 1. The Labute approximate surface area is 113 Å². The zero-order valence-electron chi connectivity index (χ0n) is 10.3. The minimum Gasteiger partial charge on any atom is -0.506 e. The summed E-state index contributed by atoms with van der Waals surface area (Å²) in [6, 6.07) is 0.0996. The van der Waals surface area contributed by atoms with Crippen LogP contribution in [0.1, 0.15) is 16.1 Å². The van der Waals surface area contributed by atoms with Gasteiger partial charge in [-0.05, 0) is 6.07 Å². The van der Waals surface area contributed by atoms with E-state index >= 15 is 0 Å². The molecule has 8 heteroatoms. The molecule has 2 aromatic heterocycles. The van der Waals surface area contributed by atoms with Gasteiger partial charge in [0.1, 0.15) is 11.8 Å². The second-order valence-corrected chi connectivity index (χ2v) is 4.08. The van der Waals surface area contributed by atoms with Gasteiger partial charge in [0.05, 0.1) is 18.1 Å². The first kappa shape index (κ1) is 13.5. The van der Waals surface area contributed by atoms with Crippen molar-refractivity contribution in [3.05, 3.63) is 42.2 Å². The number of hydrogen-bond donors (Lipinski definition) is 4. The lowest BCUT2D eigenvalue weighted by Gasteiger charge is -2.13. The maximum Gasteiger partial charge on any atom is 0.326 e. The summed E-state index contributed by atoms with van der Waals surface area (Å²) in [5.74, 6) is -1.96. The van der Waals surface area contributed by atoms with Crippen LogP contribution in [0, 0.1) is 0 Å². The predicted molar refractivity (Wildman–Crippen MR) is 67.1 cm³/mol. The highest BCUT2D eigenvalue weighted by atomic mass is 16.4. The number of carbonyl (C=O) groups excluding carboxylic acids is 1. The maximum atomic E-state index is 11.9. The molecule has 0 bridgehead atoms. The normalized spacial score (nSPS) is 11.8. The quantitative estimate of drug-likeness (QED) is 0.605. The van der Waals surface area contributed by atoms with E-state index in [0.29, 0.717) is 5.69 Å². The highest BCUT2D eigenvalue weighted by molar-refractivity contribution is 5.96. The molecule has 0 fully saturated rings.